The van der Waals surface area contributed by atoms with Gasteiger partial charge in [0.15, 0.2) is 11.1 Å². The van der Waals surface area contributed by atoms with Gasteiger partial charge in [0, 0.05) is 58.3 Å². The highest BCUT2D eigenvalue weighted by molar-refractivity contribution is 7.98. The fourth-order valence-corrected chi connectivity index (χ4v) is 5.67. The number of thioether (sulfide) groups is 1. The van der Waals surface area contributed by atoms with Crippen molar-refractivity contribution >= 4 is 17.7 Å². The Morgan fingerprint density at radius 1 is 1.13 bits per heavy atom. The molecule has 0 bridgehead atoms. The molecule has 4 rings (SSSR count). The summed E-state index contributed by atoms with van der Waals surface area (Å²) < 4.78 is 7.92. The third-order valence-corrected chi connectivity index (χ3v) is 7.35. The molecule has 1 atom stereocenters. The normalized spacial score (nSPS) is 24.1. The van der Waals surface area contributed by atoms with Crippen LogP contribution in [0.5, 0.6) is 0 Å². The van der Waals surface area contributed by atoms with Gasteiger partial charge in [-0.3, -0.25) is 9.89 Å². The highest BCUT2D eigenvalue weighted by Crippen LogP contribution is 2.33. The first-order chi connectivity index (χ1) is 14.8. The lowest BCUT2D eigenvalue weighted by atomic mass is 10.2. The van der Waals surface area contributed by atoms with Gasteiger partial charge in [0.1, 0.15) is 5.82 Å². The van der Waals surface area contributed by atoms with Crippen LogP contribution in [-0.4, -0.2) is 95.8 Å². The maximum atomic E-state index is 5.50. The van der Waals surface area contributed by atoms with Gasteiger partial charge in [0.05, 0.1) is 13.2 Å². The molecule has 0 amide bonds. The van der Waals surface area contributed by atoms with Crippen LogP contribution in [0.2, 0.25) is 0 Å². The molecule has 1 aromatic heterocycles. The Hall–Kier alpha value is -1.32. The molecule has 1 aromatic rings. The van der Waals surface area contributed by atoms with Crippen molar-refractivity contribution in [2.24, 2.45) is 4.99 Å². The van der Waals surface area contributed by atoms with Gasteiger partial charge in [-0.1, -0.05) is 24.6 Å². The molecule has 1 saturated carbocycles. The van der Waals surface area contributed by atoms with Crippen LogP contribution >= 0.6 is 11.8 Å². The number of aliphatic imine (C=N–C) groups is 1. The van der Waals surface area contributed by atoms with E-state index in [1.54, 1.807) is 11.8 Å². The zero-order valence-electron chi connectivity index (χ0n) is 18.6. The first-order valence-electron chi connectivity index (χ1n) is 11.5. The first kappa shape index (κ1) is 21.9. The minimum Gasteiger partial charge on any atom is -0.379 e. The van der Waals surface area contributed by atoms with Crippen molar-refractivity contribution in [3.05, 3.63) is 5.82 Å². The SMILES string of the molecule is CN=C(NCCCc1nnc(SC)n1C1CCCC1)N1CCC(N2CCOCC2)C1. The largest absolute Gasteiger partial charge is 0.379 e. The molecule has 3 heterocycles. The Kier molecular flexibility index (Phi) is 7.89. The molecule has 168 valence electrons. The smallest absolute Gasteiger partial charge is 0.193 e. The van der Waals surface area contributed by atoms with Crippen molar-refractivity contribution in [1.29, 1.82) is 0 Å². The fourth-order valence-electron chi connectivity index (χ4n) is 5.10. The first-order valence-corrected chi connectivity index (χ1v) is 12.8. The van der Waals surface area contributed by atoms with Crippen molar-refractivity contribution in [3.63, 3.8) is 0 Å². The van der Waals surface area contributed by atoms with E-state index in [1.807, 2.05) is 7.05 Å². The number of aryl methyl sites for hydroxylation is 1. The van der Waals surface area contributed by atoms with E-state index in [1.165, 1.54) is 32.1 Å². The quantitative estimate of drug-likeness (QED) is 0.304. The van der Waals surface area contributed by atoms with Gasteiger partial charge in [-0.25, -0.2) is 0 Å². The monoisotopic (exact) mass is 435 g/mol. The van der Waals surface area contributed by atoms with Crippen molar-refractivity contribution in [3.8, 4) is 0 Å². The van der Waals surface area contributed by atoms with Crippen molar-refractivity contribution in [2.75, 3.05) is 59.2 Å². The van der Waals surface area contributed by atoms with Gasteiger partial charge in [-0.05, 0) is 31.9 Å². The van der Waals surface area contributed by atoms with Crippen molar-refractivity contribution in [1.82, 2.24) is 29.9 Å². The number of rotatable bonds is 7. The Balaban J connectivity index is 1.24. The van der Waals surface area contributed by atoms with E-state index < -0.39 is 0 Å². The molecule has 1 N–H and O–H groups in total. The Bertz CT molecular complexity index is 698. The molecule has 3 fully saturated rings. The van der Waals surface area contributed by atoms with E-state index in [0.717, 1.165) is 75.7 Å². The summed E-state index contributed by atoms with van der Waals surface area (Å²) in [5.74, 6) is 2.18. The summed E-state index contributed by atoms with van der Waals surface area (Å²) in [5, 5.41) is 13.6. The summed E-state index contributed by atoms with van der Waals surface area (Å²) in [6.45, 7) is 6.91. The average molecular weight is 436 g/mol. The number of aromatic nitrogens is 3. The predicted octanol–water partition coefficient (Wildman–Crippen LogP) is 2.03. The Morgan fingerprint density at radius 2 is 1.93 bits per heavy atom. The zero-order chi connectivity index (χ0) is 20.8. The van der Waals surface area contributed by atoms with E-state index in [0.29, 0.717) is 12.1 Å². The second-order valence-electron chi connectivity index (χ2n) is 8.53. The van der Waals surface area contributed by atoms with Crippen LogP contribution in [0.4, 0.5) is 0 Å². The minimum absolute atomic E-state index is 0.597. The van der Waals surface area contributed by atoms with Crippen LogP contribution in [0, 0.1) is 0 Å². The van der Waals surface area contributed by atoms with Crippen LogP contribution in [0.25, 0.3) is 0 Å². The molecule has 1 unspecified atom stereocenters. The summed E-state index contributed by atoms with van der Waals surface area (Å²) in [6, 6.07) is 1.22. The topological polar surface area (TPSA) is 70.8 Å². The lowest BCUT2D eigenvalue weighted by Gasteiger charge is -2.32. The van der Waals surface area contributed by atoms with Gasteiger partial charge in [-0.2, -0.15) is 0 Å². The molecule has 0 radical (unpaired) electrons. The number of ether oxygens (including phenoxy) is 1. The van der Waals surface area contributed by atoms with Crippen LogP contribution in [0.15, 0.2) is 10.1 Å². The fraction of sp³-hybridized carbons (Fsp3) is 0.857. The number of hydrogen-bond donors (Lipinski definition) is 1. The highest BCUT2D eigenvalue weighted by Gasteiger charge is 2.30. The number of likely N-dealkylation sites (tertiary alicyclic amines) is 1. The second kappa shape index (κ2) is 10.8. The maximum Gasteiger partial charge on any atom is 0.193 e. The summed E-state index contributed by atoms with van der Waals surface area (Å²) in [4.78, 5) is 9.53. The molecule has 1 aliphatic carbocycles. The molecular weight excluding hydrogens is 398 g/mol. The molecule has 8 nitrogen and oxygen atoms in total. The molecule has 30 heavy (non-hydrogen) atoms. The molecule has 2 saturated heterocycles. The molecule has 0 aromatic carbocycles. The van der Waals surface area contributed by atoms with Crippen LogP contribution in [0.1, 0.15) is 50.4 Å². The Labute approximate surface area is 184 Å². The van der Waals surface area contributed by atoms with E-state index in [9.17, 15) is 0 Å². The number of nitrogens with zero attached hydrogens (tertiary/aromatic N) is 6. The van der Waals surface area contributed by atoms with Gasteiger partial charge < -0.3 is 19.5 Å². The van der Waals surface area contributed by atoms with Crippen LogP contribution in [-0.2, 0) is 11.2 Å². The summed E-state index contributed by atoms with van der Waals surface area (Å²) >= 11 is 1.72. The lowest BCUT2D eigenvalue weighted by molar-refractivity contribution is 0.0195. The van der Waals surface area contributed by atoms with E-state index in [2.05, 4.69) is 41.1 Å². The van der Waals surface area contributed by atoms with Crippen molar-refractivity contribution < 1.29 is 4.74 Å². The molecule has 2 aliphatic heterocycles. The van der Waals surface area contributed by atoms with E-state index >= 15 is 0 Å². The zero-order valence-corrected chi connectivity index (χ0v) is 19.4. The number of nitrogens with one attached hydrogen (secondary N) is 1. The second-order valence-corrected chi connectivity index (χ2v) is 9.30. The number of guanidine groups is 1. The van der Waals surface area contributed by atoms with Gasteiger partial charge in [-0.15, -0.1) is 10.2 Å². The lowest BCUT2D eigenvalue weighted by Crippen LogP contribution is -2.46. The highest BCUT2D eigenvalue weighted by atomic mass is 32.2. The molecule has 9 heteroatoms. The van der Waals surface area contributed by atoms with E-state index in [-0.39, 0.29) is 0 Å². The van der Waals surface area contributed by atoms with Crippen LogP contribution in [0.3, 0.4) is 0 Å². The molecule has 0 spiro atoms. The minimum atomic E-state index is 0.597. The van der Waals surface area contributed by atoms with Crippen molar-refractivity contribution in [2.45, 2.75) is 62.2 Å². The molecule has 3 aliphatic rings. The number of hydrogen-bond acceptors (Lipinski definition) is 6. The van der Waals surface area contributed by atoms with Crippen LogP contribution < -0.4 is 5.32 Å². The number of morpholine rings is 1. The third-order valence-electron chi connectivity index (χ3n) is 6.70. The third kappa shape index (κ3) is 5.11. The maximum absolute atomic E-state index is 5.50. The average Bonchev–Trinajstić information content (AvgIpc) is 3.54. The van der Waals surface area contributed by atoms with Gasteiger partial charge in [0.25, 0.3) is 0 Å². The summed E-state index contributed by atoms with van der Waals surface area (Å²) in [7, 11) is 1.89. The Morgan fingerprint density at radius 3 is 2.67 bits per heavy atom. The van der Waals surface area contributed by atoms with E-state index in [4.69, 9.17) is 4.74 Å². The molecular formula is C21H37N7OS. The summed E-state index contributed by atoms with van der Waals surface area (Å²) in [6.07, 6.45) is 10.5. The van der Waals surface area contributed by atoms with Gasteiger partial charge in [0.2, 0.25) is 0 Å². The predicted molar refractivity (Wildman–Crippen MR) is 121 cm³/mol. The standard InChI is InChI=1S/C21H37N7OS/c1-22-20(27-11-9-18(16-27)26-12-14-29-15-13-26)23-10-5-8-19-24-25-21(30-2)28(19)17-6-3-4-7-17/h17-18H,3-16H2,1-2H3,(H,22,23). The summed E-state index contributed by atoms with van der Waals surface area (Å²) in [5.41, 5.74) is 0. The van der Waals surface area contributed by atoms with Gasteiger partial charge >= 0.3 is 0 Å².